The molecular formula is C16H15Cl2. The summed E-state index contributed by atoms with van der Waals surface area (Å²) >= 11 is 12.3. The van der Waals surface area contributed by atoms with Crippen molar-refractivity contribution in [2.24, 2.45) is 0 Å². The molecule has 93 valence electrons. The van der Waals surface area contributed by atoms with E-state index in [1.54, 1.807) is 6.07 Å². The van der Waals surface area contributed by atoms with Crippen LogP contribution in [0.3, 0.4) is 0 Å². The number of benzene rings is 2. The molecule has 18 heavy (non-hydrogen) atoms. The van der Waals surface area contributed by atoms with Crippen LogP contribution < -0.4 is 0 Å². The molecule has 0 saturated heterocycles. The molecule has 0 aliphatic carbocycles. The Morgan fingerprint density at radius 3 is 2.56 bits per heavy atom. The van der Waals surface area contributed by atoms with Gasteiger partial charge in [-0.1, -0.05) is 73.4 Å². The highest BCUT2D eigenvalue weighted by atomic mass is 35.5. The molecule has 2 aromatic rings. The third kappa shape index (κ3) is 2.71. The smallest absolute Gasteiger partial charge is 0.0670 e. The van der Waals surface area contributed by atoms with Crippen LogP contribution in [0, 0.1) is 6.92 Å². The Hall–Kier alpha value is -0.980. The molecule has 0 nitrogen and oxygen atoms in total. The standard InChI is InChI=1S/C16H15Cl2/c1-3-11(2)12-6-4-7-13(10-12)14-8-5-9-15(17)16(14)18/h4-11H,1,3H2,2H3. The zero-order valence-electron chi connectivity index (χ0n) is 10.3. The van der Waals surface area contributed by atoms with Crippen LogP contribution >= 0.6 is 23.2 Å². The highest BCUT2D eigenvalue weighted by Crippen LogP contribution is 2.34. The highest BCUT2D eigenvalue weighted by Gasteiger charge is 2.09. The minimum atomic E-state index is 0.447. The topological polar surface area (TPSA) is 0 Å². The molecule has 0 heterocycles. The Bertz CT molecular complexity index is 547. The maximum atomic E-state index is 6.25. The van der Waals surface area contributed by atoms with Gasteiger partial charge in [0.15, 0.2) is 0 Å². The zero-order valence-corrected chi connectivity index (χ0v) is 11.8. The van der Waals surface area contributed by atoms with Crippen molar-refractivity contribution in [3.8, 4) is 11.1 Å². The second-order valence-electron chi connectivity index (χ2n) is 4.42. The first-order valence-electron chi connectivity index (χ1n) is 5.97. The molecule has 0 amide bonds. The van der Waals surface area contributed by atoms with Crippen LogP contribution in [0.15, 0.2) is 42.5 Å². The van der Waals surface area contributed by atoms with E-state index >= 15 is 0 Å². The summed E-state index contributed by atoms with van der Waals surface area (Å²) in [5.74, 6) is 0.447. The molecule has 0 bridgehead atoms. The molecule has 0 spiro atoms. The summed E-state index contributed by atoms with van der Waals surface area (Å²) in [6.45, 7) is 6.12. The highest BCUT2D eigenvalue weighted by molar-refractivity contribution is 6.43. The maximum Gasteiger partial charge on any atom is 0.0670 e. The first kappa shape index (κ1) is 13.5. The second kappa shape index (κ2) is 5.77. The molecule has 0 N–H and O–H groups in total. The average molecular weight is 278 g/mol. The van der Waals surface area contributed by atoms with Crippen LogP contribution in [-0.4, -0.2) is 0 Å². The van der Waals surface area contributed by atoms with E-state index < -0.39 is 0 Å². The molecule has 2 heteroatoms. The van der Waals surface area contributed by atoms with Crippen molar-refractivity contribution in [1.82, 2.24) is 0 Å². The van der Waals surface area contributed by atoms with Crippen LogP contribution in [0.2, 0.25) is 10.0 Å². The van der Waals surface area contributed by atoms with E-state index in [1.807, 2.05) is 18.2 Å². The van der Waals surface area contributed by atoms with Gasteiger partial charge in [-0.2, -0.15) is 0 Å². The van der Waals surface area contributed by atoms with Crippen molar-refractivity contribution in [2.45, 2.75) is 19.3 Å². The predicted octanol–water partition coefficient (Wildman–Crippen LogP) is 5.99. The van der Waals surface area contributed by atoms with Gasteiger partial charge in [0.1, 0.15) is 0 Å². The quantitative estimate of drug-likeness (QED) is 0.647. The van der Waals surface area contributed by atoms with E-state index in [-0.39, 0.29) is 0 Å². The number of rotatable bonds is 3. The van der Waals surface area contributed by atoms with Gasteiger partial charge in [0.25, 0.3) is 0 Å². The fourth-order valence-electron chi connectivity index (χ4n) is 1.91. The predicted molar refractivity (Wildman–Crippen MR) is 80.3 cm³/mol. The summed E-state index contributed by atoms with van der Waals surface area (Å²) in [6.07, 6.45) is 0.882. The number of hydrogen-bond acceptors (Lipinski definition) is 0. The van der Waals surface area contributed by atoms with Gasteiger partial charge in [0, 0.05) is 5.56 Å². The lowest BCUT2D eigenvalue weighted by molar-refractivity contribution is 0.779. The number of halogens is 2. The lowest BCUT2D eigenvalue weighted by atomic mass is 9.95. The van der Waals surface area contributed by atoms with E-state index in [1.165, 1.54) is 5.56 Å². The monoisotopic (exact) mass is 277 g/mol. The van der Waals surface area contributed by atoms with E-state index in [2.05, 4.69) is 32.0 Å². The molecule has 0 aliphatic rings. The fraction of sp³-hybridized carbons (Fsp3) is 0.188. The minimum Gasteiger partial charge on any atom is -0.0827 e. The Balaban J connectivity index is 2.48. The largest absolute Gasteiger partial charge is 0.0827 e. The molecule has 0 aliphatic heterocycles. The van der Waals surface area contributed by atoms with Crippen LogP contribution in [0.25, 0.3) is 11.1 Å². The SMILES string of the molecule is [CH2]CC(C)c1cccc(-c2cccc(Cl)c2Cl)c1. The average Bonchev–Trinajstić information content (AvgIpc) is 2.41. The summed E-state index contributed by atoms with van der Waals surface area (Å²) in [5, 5.41) is 1.20. The molecule has 0 saturated carbocycles. The van der Waals surface area contributed by atoms with Crippen LogP contribution in [0.1, 0.15) is 24.8 Å². The third-order valence-corrected chi connectivity index (χ3v) is 3.97. The van der Waals surface area contributed by atoms with Crippen molar-refractivity contribution in [3.63, 3.8) is 0 Å². The van der Waals surface area contributed by atoms with Gasteiger partial charge < -0.3 is 0 Å². The molecule has 1 atom stereocenters. The van der Waals surface area contributed by atoms with Gasteiger partial charge in [-0.05, 0) is 29.5 Å². The summed E-state index contributed by atoms with van der Waals surface area (Å²) in [7, 11) is 0. The molecule has 2 rings (SSSR count). The Kier molecular flexibility index (Phi) is 4.31. The van der Waals surface area contributed by atoms with Crippen molar-refractivity contribution in [1.29, 1.82) is 0 Å². The van der Waals surface area contributed by atoms with Crippen molar-refractivity contribution < 1.29 is 0 Å². The van der Waals surface area contributed by atoms with Crippen molar-refractivity contribution in [3.05, 3.63) is 65.0 Å². The van der Waals surface area contributed by atoms with Gasteiger partial charge in [0.05, 0.1) is 10.0 Å². The van der Waals surface area contributed by atoms with Gasteiger partial charge in [-0.3, -0.25) is 0 Å². The summed E-state index contributed by atoms with van der Waals surface area (Å²) in [6, 6.07) is 14.1. The summed E-state index contributed by atoms with van der Waals surface area (Å²) < 4.78 is 0. The van der Waals surface area contributed by atoms with Crippen molar-refractivity contribution >= 4 is 23.2 Å². The normalized spacial score (nSPS) is 12.4. The van der Waals surface area contributed by atoms with Crippen LogP contribution in [0.5, 0.6) is 0 Å². The molecular weight excluding hydrogens is 263 g/mol. The number of hydrogen-bond donors (Lipinski definition) is 0. The molecule has 1 radical (unpaired) electrons. The third-order valence-electron chi connectivity index (χ3n) is 3.15. The molecule has 0 fully saturated rings. The van der Waals surface area contributed by atoms with Gasteiger partial charge >= 0.3 is 0 Å². The van der Waals surface area contributed by atoms with Gasteiger partial charge in [-0.25, -0.2) is 0 Å². The zero-order chi connectivity index (χ0) is 13.1. The van der Waals surface area contributed by atoms with E-state index in [9.17, 15) is 0 Å². The summed E-state index contributed by atoms with van der Waals surface area (Å²) in [4.78, 5) is 0. The second-order valence-corrected chi connectivity index (χ2v) is 5.20. The first-order chi connectivity index (χ1) is 8.63. The molecule has 2 aromatic carbocycles. The van der Waals surface area contributed by atoms with E-state index in [0.29, 0.717) is 16.0 Å². The maximum absolute atomic E-state index is 6.25. The summed E-state index contributed by atoms with van der Waals surface area (Å²) in [5.41, 5.74) is 3.35. The Labute approximate surface area is 119 Å². The van der Waals surface area contributed by atoms with Crippen LogP contribution in [-0.2, 0) is 0 Å². The lowest BCUT2D eigenvalue weighted by Crippen LogP contribution is -1.91. The van der Waals surface area contributed by atoms with Gasteiger partial charge in [0.2, 0.25) is 0 Å². The minimum absolute atomic E-state index is 0.447. The van der Waals surface area contributed by atoms with E-state index in [4.69, 9.17) is 23.2 Å². The molecule has 1 unspecified atom stereocenters. The molecule has 0 aromatic heterocycles. The first-order valence-corrected chi connectivity index (χ1v) is 6.72. The lowest BCUT2D eigenvalue weighted by Gasteiger charge is -2.12. The van der Waals surface area contributed by atoms with Gasteiger partial charge in [-0.15, -0.1) is 0 Å². The Morgan fingerprint density at radius 1 is 1.11 bits per heavy atom. The van der Waals surface area contributed by atoms with Crippen molar-refractivity contribution in [2.75, 3.05) is 0 Å². The van der Waals surface area contributed by atoms with Crippen LogP contribution in [0.4, 0.5) is 0 Å². The van der Waals surface area contributed by atoms with E-state index in [0.717, 1.165) is 17.5 Å². The fourth-order valence-corrected chi connectivity index (χ4v) is 2.32. The Morgan fingerprint density at radius 2 is 1.83 bits per heavy atom.